The molecule has 0 atom stereocenters. The monoisotopic (exact) mass is 361 g/mol. The van der Waals surface area contributed by atoms with Crippen molar-refractivity contribution in [3.05, 3.63) is 66.3 Å². The Bertz CT molecular complexity index is 1070. The van der Waals surface area contributed by atoms with E-state index < -0.39 is 0 Å². The number of carbonyl (C=O) groups excluding carboxylic acids is 1. The van der Waals surface area contributed by atoms with Crippen molar-refractivity contribution in [2.75, 3.05) is 0 Å². The van der Waals surface area contributed by atoms with Crippen LogP contribution in [0.5, 0.6) is 0 Å². The minimum atomic E-state index is -0.0819. The van der Waals surface area contributed by atoms with Gasteiger partial charge in [-0.25, -0.2) is 4.98 Å². The average Bonchev–Trinajstić information content (AvgIpc) is 3.31. The molecular formula is C20H19N5O2. The third-order valence-corrected chi connectivity index (χ3v) is 4.39. The van der Waals surface area contributed by atoms with E-state index in [0.29, 0.717) is 24.7 Å². The van der Waals surface area contributed by atoms with Crippen LogP contribution >= 0.6 is 0 Å². The first-order valence-corrected chi connectivity index (χ1v) is 8.76. The zero-order valence-electron chi connectivity index (χ0n) is 14.9. The van der Waals surface area contributed by atoms with Crippen LogP contribution in [0.4, 0.5) is 0 Å². The lowest BCUT2D eigenvalue weighted by Crippen LogP contribution is -2.24. The Morgan fingerprint density at radius 1 is 1.07 bits per heavy atom. The Kier molecular flexibility index (Phi) is 4.65. The number of para-hydroxylation sites is 2. The van der Waals surface area contributed by atoms with E-state index in [-0.39, 0.29) is 12.3 Å². The Morgan fingerprint density at radius 3 is 2.67 bits per heavy atom. The highest BCUT2D eigenvalue weighted by Gasteiger charge is 2.12. The van der Waals surface area contributed by atoms with Crippen LogP contribution in [0.1, 0.15) is 18.1 Å². The molecule has 0 saturated carbocycles. The molecule has 7 heteroatoms. The number of carbonyl (C=O) groups is 1. The molecule has 4 aromatic rings. The van der Waals surface area contributed by atoms with Crippen LogP contribution in [0.3, 0.4) is 0 Å². The van der Waals surface area contributed by atoms with Crippen molar-refractivity contribution in [3.63, 3.8) is 0 Å². The Morgan fingerprint density at radius 2 is 1.85 bits per heavy atom. The molecule has 7 nitrogen and oxygen atoms in total. The summed E-state index contributed by atoms with van der Waals surface area (Å²) >= 11 is 0. The molecule has 1 amide bonds. The molecule has 2 aromatic carbocycles. The lowest BCUT2D eigenvalue weighted by Gasteiger charge is -2.04. The summed E-state index contributed by atoms with van der Waals surface area (Å²) < 4.78 is 7.22. The Balaban J connectivity index is 1.32. The zero-order valence-corrected chi connectivity index (χ0v) is 14.9. The van der Waals surface area contributed by atoms with Crippen LogP contribution in [0.2, 0.25) is 0 Å². The van der Waals surface area contributed by atoms with Gasteiger partial charge < -0.3 is 14.4 Å². The maximum Gasteiger partial charge on any atom is 0.227 e. The summed E-state index contributed by atoms with van der Waals surface area (Å²) in [6.45, 7) is 0.378. The number of nitrogens with one attached hydrogen (secondary N) is 1. The van der Waals surface area contributed by atoms with Gasteiger partial charge in [-0.2, -0.15) is 4.98 Å². The molecule has 0 aliphatic carbocycles. The number of hydrogen-bond acceptors (Lipinski definition) is 5. The van der Waals surface area contributed by atoms with E-state index in [2.05, 4.69) is 20.4 Å². The Hall–Kier alpha value is -3.48. The van der Waals surface area contributed by atoms with Gasteiger partial charge in [0.25, 0.3) is 0 Å². The fourth-order valence-corrected chi connectivity index (χ4v) is 2.90. The summed E-state index contributed by atoms with van der Waals surface area (Å²) in [4.78, 5) is 21.0. The summed E-state index contributed by atoms with van der Waals surface area (Å²) in [5, 5.41) is 6.86. The van der Waals surface area contributed by atoms with Crippen molar-refractivity contribution < 1.29 is 9.32 Å². The number of imidazole rings is 1. The van der Waals surface area contributed by atoms with Crippen LogP contribution in [-0.2, 0) is 24.8 Å². The lowest BCUT2D eigenvalue weighted by molar-refractivity contribution is -0.121. The minimum Gasteiger partial charge on any atom is -0.349 e. The highest BCUT2D eigenvalue weighted by Crippen LogP contribution is 2.16. The van der Waals surface area contributed by atoms with Crippen LogP contribution in [0.15, 0.2) is 59.1 Å². The van der Waals surface area contributed by atoms with Gasteiger partial charge in [-0.15, -0.1) is 0 Å². The summed E-state index contributed by atoms with van der Waals surface area (Å²) in [5.41, 5.74) is 2.85. The molecule has 2 aromatic heterocycles. The zero-order chi connectivity index (χ0) is 18.6. The minimum absolute atomic E-state index is 0.0819. The number of fused-ring (bicyclic) bond motifs is 1. The molecule has 0 bridgehead atoms. The largest absolute Gasteiger partial charge is 0.349 e. The first kappa shape index (κ1) is 17.0. The standard InChI is InChI=1S/C20H19N5O2/c1-25-16-10-6-5-9-15(16)22-17(25)13-21-18(26)11-12-19-23-20(24-27-19)14-7-3-2-4-8-14/h2-10H,11-13H2,1H3,(H,21,26). The molecule has 27 heavy (non-hydrogen) atoms. The first-order valence-electron chi connectivity index (χ1n) is 8.76. The van der Waals surface area contributed by atoms with E-state index in [1.54, 1.807) is 0 Å². The number of amides is 1. The number of benzene rings is 2. The molecular weight excluding hydrogens is 342 g/mol. The van der Waals surface area contributed by atoms with E-state index in [4.69, 9.17) is 4.52 Å². The third-order valence-electron chi connectivity index (χ3n) is 4.39. The number of aryl methyl sites for hydroxylation is 2. The van der Waals surface area contributed by atoms with Crippen LogP contribution in [0.25, 0.3) is 22.4 Å². The van der Waals surface area contributed by atoms with E-state index in [1.165, 1.54) is 0 Å². The molecule has 136 valence electrons. The predicted octanol–water partition coefficient (Wildman–Crippen LogP) is 2.87. The van der Waals surface area contributed by atoms with Crippen LogP contribution < -0.4 is 5.32 Å². The third kappa shape index (κ3) is 3.72. The number of aromatic nitrogens is 4. The quantitative estimate of drug-likeness (QED) is 0.571. The van der Waals surface area contributed by atoms with Gasteiger partial charge in [-0.05, 0) is 12.1 Å². The molecule has 1 N–H and O–H groups in total. The van der Waals surface area contributed by atoms with Gasteiger partial charge in [0.05, 0.1) is 17.6 Å². The SMILES string of the molecule is Cn1c(CNC(=O)CCc2nc(-c3ccccc3)no2)nc2ccccc21. The molecule has 0 spiro atoms. The molecule has 0 aliphatic heterocycles. The van der Waals surface area contributed by atoms with Crippen LogP contribution in [-0.4, -0.2) is 25.6 Å². The van der Waals surface area contributed by atoms with Crippen molar-refractivity contribution in [1.29, 1.82) is 0 Å². The highest BCUT2D eigenvalue weighted by molar-refractivity contribution is 5.77. The number of rotatable bonds is 6. The van der Waals surface area contributed by atoms with Crippen molar-refractivity contribution >= 4 is 16.9 Å². The van der Waals surface area contributed by atoms with Crippen LogP contribution in [0, 0.1) is 0 Å². The summed E-state index contributed by atoms with van der Waals surface area (Å²) in [5.74, 6) is 1.72. The lowest BCUT2D eigenvalue weighted by atomic mass is 10.2. The first-order chi connectivity index (χ1) is 13.2. The predicted molar refractivity (Wildman–Crippen MR) is 101 cm³/mol. The van der Waals surface area contributed by atoms with Gasteiger partial charge in [0.15, 0.2) is 0 Å². The fraction of sp³-hybridized carbons (Fsp3) is 0.200. The van der Waals surface area contributed by atoms with Gasteiger partial charge >= 0.3 is 0 Å². The van der Waals surface area contributed by atoms with E-state index in [9.17, 15) is 4.79 Å². The summed E-state index contributed by atoms with van der Waals surface area (Å²) in [7, 11) is 1.94. The molecule has 2 heterocycles. The second-order valence-corrected chi connectivity index (χ2v) is 6.23. The second-order valence-electron chi connectivity index (χ2n) is 6.23. The Labute approximate surface area is 156 Å². The fourth-order valence-electron chi connectivity index (χ4n) is 2.90. The van der Waals surface area contributed by atoms with Crippen molar-refractivity contribution in [3.8, 4) is 11.4 Å². The van der Waals surface area contributed by atoms with Crippen molar-refractivity contribution in [2.24, 2.45) is 7.05 Å². The van der Waals surface area contributed by atoms with Crippen molar-refractivity contribution in [1.82, 2.24) is 25.0 Å². The van der Waals surface area contributed by atoms with Gasteiger partial charge in [-0.3, -0.25) is 4.79 Å². The maximum atomic E-state index is 12.2. The molecule has 0 fully saturated rings. The normalized spacial score (nSPS) is 11.0. The number of hydrogen-bond donors (Lipinski definition) is 1. The van der Waals surface area contributed by atoms with Crippen molar-refractivity contribution in [2.45, 2.75) is 19.4 Å². The van der Waals surface area contributed by atoms with Gasteiger partial charge in [-0.1, -0.05) is 47.6 Å². The molecule has 4 rings (SSSR count). The molecule has 0 unspecified atom stereocenters. The summed E-state index contributed by atoms with van der Waals surface area (Å²) in [6.07, 6.45) is 0.675. The van der Waals surface area contributed by atoms with Gasteiger partial charge in [0, 0.05) is 25.5 Å². The topological polar surface area (TPSA) is 85.8 Å². The average molecular weight is 361 g/mol. The molecule has 0 aliphatic rings. The molecule has 0 radical (unpaired) electrons. The summed E-state index contributed by atoms with van der Waals surface area (Å²) in [6, 6.07) is 17.5. The van der Waals surface area contributed by atoms with Gasteiger partial charge in [0.2, 0.25) is 17.6 Å². The van der Waals surface area contributed by atoms with Gasteiger partial charge in [0.1, 0.15) is 5.82 Å². The number of nitrogens with zero attached hydrogens (tertiary/aromatic N) is 4. The van der Waals surface area contributed by atoms with E-state index >= 15 is 0 Å². The second kappa shape index (κ2) is 7.41. The smallest absolute Gasteiger partial charge is 0.227 e. The maximum absolute atomic E-state index is 12.2. The highest BCUT2D eigenvalue weighted by atomic mass is 16.5. The van der Waals surface area contributed by atoms with E-state index in [0.717, 1.165) is 22.4 Å². The van der Waals surface area contributed by atoms with E-state index in [1.807, 2.05) is 66.2 Å². The molecule has 0 saturated heterocycles.